The van der Waals surface area contributed by atoms with Gasteiger partial charge in [0.15, 0.2) is 16.8 Å². The number of halogens is 4. The molecule has 3 aromatic rings. The zero-order valence-corrected chi connectivity index (χ0v) is 15.0. The van der Waals surface area contributed by atoms with Crippen LogP contribution in [0, 0.1) is 23.5 Å². The molecule has 0 unspecified atom stereocenters. The first-order valence-corrected chi connectivity index (χ1v) is 9.41. The van der Waals surface area contributed by atoms with Crippen molar-refractivity contribution >= 4 is 33.3 Å². The Labute approximate surface area is 152 Å². The van der Waals surface area contributed by atoms with Crippen molar-refractivity contribution in [2.24, 2.45) is 7.05 Å². The Kier molecular flexibility index (Phi) is 4.26. The molecule has 4 rings (SSSR count). The van der Waals surface area contributed by atoms with Gasteiger partial charge in [0.05, 0.1) is 10.3 Å². The molecule has 0 radical (unpaired) electrons. The van der Waals surface area contributed by atoms with E-state index >= 15 is 0 Å². The van der Waals surface area contributed by atoms with Crippen molar-refractivity contribution in [2.45, 2.75) is 35.7 Å². The fourth-order valence-corrected chi connectivity index (χ4v) is 5.20. The molecule has 0 aliphatic heterocycles. The van der Waals surface area contributed by atoms with Crippen molar-refractivity contribution in [3.8, 4) is 0 Å². The number of aromatic nitrogens is 3. The second-order valence-electron chi connectivity index (χ2n) is 5.90. The molecule has 0 fully saturated rings. The molecule has 0 aromatic carbocycles. The molecule has 10 heteroatoms. The molecule has 26 heavy (non-hydrogen) atoms. The topological polar surface area (TPSA) is 47.8 Å². The molecule has 0 saturated heterocycles. The SMILES string of the molecule is Cn1c(Sc2c(F)c(F)nc(F)c2F)nc2sc3c(c2c1=O)CCCC3. The van der Waals surface area contributed by atoms with Crippen LogP contribution in [0.5, 0.6) is 0 Å². The summed E-state index contributed by atoms with van der Waals surface area (Å²) in [6, 6.07) is 0. The second-order valence-corrected chi connectivity index (χ2v) is 7.96. The monoisotopic (exact) mass is 401 g/mol. The zero-order chi connectivity index (χ0) is 18.6. The molecule has 0 atom stereocenters. The Morgan fingerprint density at radius 2 is 1.69 bits per heavy atom. The number of rotatable bonds is 2. The summed E-state index contributed by atoms with van der Waals surface area (Å²) in [7, 11) is 1.41. The van der Waals surface area contributed by atoms with Gasteiger partial charge in [0.1, 0.15) is 4.83 Å². The van der Waals surface area contributed by atoms with E-state index in [0.29, 0.717) is 22.0 Å². The molecular weight excluding hydrogens is 390 g/mol. The van der Waals surface area contributed by atoms with E-state index in [1.54, 1.807) is 0 Å². The maximum atomic E-state index is 13.9. The molecule has 0 spiro atoms. The van der Waals surface area contributed by atoms with E-state index in [9.17, 15) is 22.4 Å². The first kappa shape index (κ1) is 17.5. The molecule has 136 valence electrons. The summed E-state index contributed by atoms with van der Waals surface area (Å²) < 4.78 is 55.5. The summed E-state index contributed by atoms with van der Waals surface area (Å²) in [5.41, 5.74) is 0.645. The number of hydrogen-bond acceptors (Lipinski definition) is 5. The van der Waals surface area contributed by atoms with Gasteiger partial charge in [-0.2, -0.15) is 13.8 Å². The van der Waals surface area contributed by atoms with Gasteiger partial charge in [0, 0.05) is 11.9 Å². The predicted molar refractivity (Wildman–Crippen MR) is 89.7 cm³/mol. The highest BCUT2D eigenvalue weighted by Gasteiger charge is 2.25. The van der Waals surface area contributed by atoms with Crippen molar-refractivity contribution in [3.05, 3.63) is 44.3 Å². The summed E-state index contributed by atoms with van der Waals surface area (Å²) in [4.78, 5) is 20.2. The smallest absolute Gasteiger partial charge is 0.262 e. The van der Waals surface area contributed by atoms with Gasteiger partial charge in [-0.25, -0.2) is 13.8 Å². The molecule has 1 aliphatic carbocycles. The van der Waals surface area contributed by atoms with Crippen LogP contribution in [0.3, 0.4) is 0 Å². The summed E-state index contributed by atoms with van der Waals surface area (Å²) in [5, 5.41) is 0.466. The Morgan fingerprint density at radius 3 is 2.38 bits per heavy atom. The van der Waals surface area contributed by atoms with E-state index in [-0.39, 0.29) is 10.7 Å². The molecule has 0 N–H and O–H groups in total. The van der Waals surface area contributed by atoms with Crippen molar-refractivity contribution in [1.82, 2.24) is 14.5 Å². The van der Waals surface area contributed by atoms with E-state index in [4.69, 9.17) is 0 Å². The van der Waals surface area contributed by atoms with E-state index in [2.05, 4.69) is 9.97 Å². The average Bonchev–Trinajstić information content (AvgIpc) is 2.99. The van der Waals surface area contributed by atoms with Gasteiger partial charge in [0.25, 0.3) is 17.5 Å². The van der Waals surface area contributed by atoms with E-state index in [0.717, 1.165) is 40.7 Å². The van der Waals surface area contributed by atoms with Crippen molar-refractivity contribution < 1.29 is 17.6 Å². The quantitative estimate of drug-likeness (QED) is 0.370. The number of pyridine rings is 1. The first-order valence-electron chi connectivity index (χ1n) is 7.77. The minimum Gasteiger partial charge on any atom is -0.290 e. The molecule has 1 aliphatic rings. The van der Waals surface area contributed by atoms with Crippen LogP contribution in [-0.4, -0.2) is 14.5 Å². The molecule has 3 aromatic heterocycles. The standard InChI is InChI=1S/C16H11F4N3OS2/c1-23-15(24)8-6-4-2-3-5-7(6)25-14(8)22-16(23)26-11-9(17)12(19)21-13(20)10(11)18/h2-5H2,1H3. The lowest BCUT2D eigenvalue weighted by molar-refractivity contribution is 0.383. The Balaban J connectivity index is 1.89. The van der Waals surface area contributed by atoms with Crippen LogP contribution in [-0.2, 0) is 19.9 Å². The number of thiophene rings is 1. The average molecular weight is 401 g/mol. The Hall–Kier alpha value is -1.94. The van der Waals surface area contributed by atoms with Gasteiger partial charge in [-0.1, -0.05) is 0 Å². The highest BCUT2D eigenvalue weighted by Crippen LogP contribution is 2.37. The molecule has 0 amide bonds. The number of fused-ring (bicyclic) bond motifs is 3. The molecular formula is C16H11F4N3OS2. The van der Waals surface area contributed by atoms with Crippen LogP contribution in [0.4, 0.5) is 17.6 Å². The van der Waals surface area contributed by atoms with Gasteiger partial charge in [0.2, 0.25) is 0 Å². The van der Waals surface area contributed by atoms with Crippen LogP contribution in [0.25, 0.3) is 10.2 Å². The lowest BCUT2D eigenvalue weighted by Crippen LogP contribution is -2.20. The molecule has 4 nitrogen and oxygen atoms in total. The Morgan fingerprint density at radius 1 is 1.04 bits per heavy atom. The fourth-order valence-electron chi connectivity index (χ4n) is 3.01. The lowest BCUT2D eigenvalue weighted by Gasteiger charge is -2.11. The van der Waals surface area contributed by atoms with Gasteiger partial charge < -0.3 is 0 Å². The Bertz CT molecular complexity index is 1080. The molecule has 0 bridgehead atoms. The minimum atomic E-state index is -1.75. The van der Waals surface area contributed by atoms with Gasteiger partial charge >= 0.3 is 0 Å². The summed E-state index contributed by atoms with van der Waals surface area (Å²) in [6.45, 7) is 0. The number of nitrogens with zero attached hydrogens (tertiary/aromatic N) is 3. The van der Waals surface area contributed by atoms with E-state index < -0.39 is 28.4 Å². The molecule has 3 heterocycles. The third kappa shape index (κ3) is 2.62. The third-order valence-corrected chi connectivity index (χ3v) is 6.60. The van der Waals surface area contributed by atoms with Gasteiger partial charge in [-0.15, -0.1) is 11.3 Å². The van der Waals surface area contributed by atoms with Crippen LogP contribution in [0.2, 0.25) is 0 Å². The number of hydrogen-bond donors (Lipinski definition) is 0. The van der Waals surface area contributed by atoms with Crippen LogP contribution in [0.1, 0.15) is 23.3 Å². The lowest BCUT2D eigenvalue weighted by atomic mass is 9.97. The summed E-state index contributed by atoms with van der Waals surface area (Å²) in [6.07, 6.45) is 3.69. The van der Waals surface area contributed by atoms with Crippen LogP contribution < -0.4 is 5.56 Å². The fraction of sp³-hybridized carbons (Fsp3) is 0.312. The third-order valence-electron chi connectivity index (χ3n) is 4.31. The van der Waals surface area contributed by atoms with Crippen molar-refractivity contribution in [3.63, 3.8) is 0 Å². The number of aryl methyl sites for hydroxylation is 2. The van der Waals surface area contributed by atoms with Crippen molar-refractivity contribution in [1.29, 1.82) is 0 Å². The highest BCUT2D eigenvalue weighted by molar-refractivity contribution is 7.99. The van der Waals surface area contributed by atoms with Gasteiger partial charge in [-0.05, 0) is 43.0 Å². The molecule has 0 saturated carbocycles. The maximum Gasteiger partial charge on any atom is 0.262 e. The minimum absolute atomic E-state index is 0.0519. The summed E-state index contributed by atoms with van der Waals surface area (Å²) in [5.74, 6) is -6.73. The second kappa shape index (κ2) is 6.34. The largest absolute Gasteiger partial charge is 0.290 e. The van der Waals surface area contributed by atoms with Gasteiger partial charge in [-0.3, -0.25) is 9.36 Å². The van der Waals surface area contributed by atoms with E-state index in [1.807, 2.05) is 0 Å². The normalized spacial score (nSPS) is 14.0. The predicted octanol–water partition coefficient (Wildman–Crippen LogP) is 3.98. The van der Waals surface area contributed by atoms with Crippen molar-refractivity contribution in [2.75, 3.05) is 0 Å². The highest BCUT2D eigenvalue weighted by atomic mass is 32.2. The van der Waals surface area contributed by atoms with E-state index in [1.165, 1.54) is 18.4 Å². The zero-order valence-electron chi connectivity index (χ0n) is 13.4. The summed E-state index contributed by atoms with van der Waals surface area (Å²) >= 11 is 1.74. The van der Waals surface area contributed by atoms with Crippen LogP contribution >= 0.6 is 23.1 Å². The van der Waals surface area contributed by atoms with Crippen LogP contribution in [0.15, 0.2) is 14.8 Å². The maximum absolute atomic E-state index is 13.9. The first-order chi connectivity index (χ1) is 12.4.